The maximum absolute atomic E-state index is 13.2. The van der Waals surface area contributed by atoms with Crippen LogP contribution in [0.5, 0.6) is 0 Å². The molecule has 2 aromatic rings. The number of anilines is 1. The van der Waals surface area contributed by atoms with E-state index >= 15 is 0 Å². The molecule has 4 nitrogen and oxygen atoms in total. The Balaban J connectivity index is 2.42. The number of nitrogen functional groups attached to an aromatic ring is 1. The second kappa shape index (κ2) is 5.87. The number of aromatic nitrogens is 1. The lowest BCUT2D eigenvalue weighted by molar-refractivity contribution is 0.626. The van der Waals surface area contributed by atoms with Crippen molar-refractivity contribution in [2.45, 2.75) is 0 Å². The highest BCUT2D eigenvalue weighted by atomic mass is 35.5. The average molecular weight is 309 g/mol. The Hall–Kier alpha value is -2.16. The van der Waals surface area contributed by atoms with Gasteiger partial charge in [0.1, 0.15) is 5.69 Å². The first-order chi connectivity index (χ1) is 9.52. The third kappa shape index (κ3) is 2.87. The average Bonchev–Trinajstić information content (AvgIpc) is 2.42. The molecule has 0 saturated carbocycles. The molecular formula is C13H7Cl2FN4. The van der Waals surface area contributed by atoms with E-state index in [1.165, 1.54) is 24.5 Å². The van der Waals surface area contributed by atoms with E-state index in [0.29, 0.717) is 11.1 Å². The van der Waals surface area contributed by atoms with Crippen LogP contribution in [-0.4, -0.2) is 11.2 Å². The monoisotopic (exact) mass is 308 g/mol. The number of aliphatic imine (C=N–C) groups is 1. The van der Waals surface area contributed by atoms with Gasteiger partial charge in [-0.25, -0.2) is 4.39 Å². The predicted octanol–water partition coefficient (Wildman–Crippen LogP) is 3.73. The van der Waals surface area contributed by atoms with Gasteiger partial charge in [-0.2, -0.15) is 5.26 Å². The van der Waals surface area contributed by atoms with Crippen molar-refractivity contribution in [2.24, 2.45) is 4.99 Å². The Morgan fingerprint density at radius 1 is 1.30 bits per heavy atom. The highest BCUT2D eigenvalue weighted by Gasteiger charge is 2.08. The Morgan fingerprint density at radius 3 is 2.55 bits per heavy atom. The summed E-state index contributed by atoms with van der Waals surface area (Å²) in [6.07, 6.45) is 3.69. The highest BCUT2D eigenvalue weighted by molar-refractivity contribution is 6.39. The molecule has 1 heterocycles. The van der Waals surface area contributed by atoms with Crippen molar-refractivity contribution < 1.29 is 4.39 Å². The summed E-state index contributed by atoms with van der Waals surface area (Å²) in [6, 6.07) is 4.80. The Kier molecular flexibility index (Phi) is 4.18. The molecule has 0 saturated heterocycles. The fourth-order valence-electron chi connectivity index (χ4n) is 1.45. The van der Waals surface area contributed by atoms with E-state index < -0.39 is 5.82 Å². The molecule has 1 aromatic carbocycles. The Morgan fingerprint density at radius 2 is 1.95 bits per heavy atom. The molecule has 1 aromatic heterocycles. The number of nitrogens with zero attached hydrogens (tertiary/aromatic N) is 3. The fraction of sp³-hybridized carbons (Fsp3) is 0. The van der Waals surface area contributed by atoms with E-state index in [4.69, 9.17) is 34.2 Å². The van der Waals surface area contributed by atoms with E-state index in [0.717, 1.165) is 6.20 Å². The van der Waals surface area contributed by atoms with Crippen molar-refractivity contribution >= 4 is 40.8 Å². The van der Waals surface area contributed by atoms with Crippen LogP contribution in [0.2, 0.25) is 10.0 Å². The molecule has 0 spiro atoms. The molecule has 0 bridgehead atoms. The van der Waals surface area contributed by atoms with Crippen molar-refractivity contribution in [1.29, 1.82) is 5.26 Å². The van der Waals surface area contributed by atoms with E-state index in [1.54, 1.807) is 0 Å². The lowest BCUT2D eigenvalue weighted by Crippen LogP contribution is -1.98. The van der Waals surface area contributed by atoms with E-state index in [1.807, 2.05) is 6.07 Å². The summed E-state index contributed by atoms with van der Waals surface area (Å²) >= 11 is 12.0. The Bertz CT molecular complexity index is 715. The third-order valence-electron chi connectivity index (χ3n) is 2.45. The topological polar surface area (TPSA) is 75.1 Å². The van der Waals surface area contributed by atoms with Crippen molar-refractivity contribution in [2.75, 3.05) is 5.73 Å². The van der Waals surface area contributed by atoms with Gasteiger partial charge < -0.3 is 5.73 Å². The molecule has 0 aliphatic carbocycles. The molecular weight excluding hydrogens is 302 g/mol. The zero-order valence-electron chi connectivity index (χ0n) is 9.94. The number of benzene rings is 1. The Labute approximate surface area is 124 Å². The first-order valence-corrected chi connectivity index (χ1v) is 6.10. The minimum atomic E-state index is -0.633. The molecule has 2 rings (SSSR count). The van der Waals surface area contributed by atoms with E-state index in [2.05, 4.69) is 9.98 Å². The molecule has 0 radical (unpaired) electrons. The summed E-state index contributed by atoms with van der Waals surface area (Å²) in [5.41, 5.74) is 6.39. The van der Waals surface area contributed by atoms with Gasteiger partial charge in [0.25, 0.3) is 0 Å². The summed E-state index contributed by atoms with van der Waals surface area (Å²) < 4.78 is 13.2. The molecule has 0 aliphatic heterocycles. The van der Waals surface area contributed by atoms with Gasteiger partial charge in [-0.15, -0.1) is 0 Å². The number of nitrogens with two attached hydrogens (primary N) is 1. The molecule has 0 fully saturated rings. The van der Waals surface area contributed by atoms with Crippen LogP contribution in [-0.2, 0) is 0 Å². The number of halogens is 3. The highest BCUT2D eigenvalue weighted by Crippen LogP contribution is 2.34. The number of hydrogen-bond acceptors (Lipinski definition) is 4. The van der Waals surface area contributed by atoms with Gasteiger partial charge in [-0.1, -0.05) is 23.2 Å². The van der Waals surface area contributed by atoms with E-state index in [9.17, 15) is 4.39 Å². The van der Waals surface area contributed by atoms with Crippen molar-refractivity contribution in [3.8, 4) is 6.07 Å². The minimum absolute atomic E-state index is 0.0651. The largest absolute Gasteiger partial charge is 0.396 e. The maximum Gasteiger partial charge on any atom is 0.164 e. The van der Waals surface area contributed by atoms with Crippen LogP contribution in [0, 0.1) is 17.1 Å². The first kappa shape index (κ1) is 14.3. The van der Waals surface area contributed by atoms with Crippen LogP contribution < -0.4 is 5.73 Å². The molecule has 0 amide bonds. The fourth-order valence-corrected chi connectivity index (χ4v) is 2.03. The maximum atomic E-state index is 13.2. The van der Waals surface area contributed by atoms with Gasteiger partial charge in [0.15, 0.2) is 5.82 Å². The van der Waals surface area contributed by atoms with Gasteiger partial charge in [0.05, 0.1) is 33.6 Å². The third-order valence-corrected chi connectivity index (χ3v) is 3.02. The number of rotatable bonds is 2. The van der Waals surface area contributed by atoms with Crippen molar-refractivity contribution in [3.63, 3.8) is 0 Å². The zero-order chi connectivity index (χ0) is 14.7. The summed E-state index contributed by atoms with van der Waals surface area (Å²) in [5.74, 6) is -0.633. The standard InChI is InChI=1S/C13H7Cl2FN4/c14-9-1-7(3-17)2-10(15)13(9)20-5-8-4-19-6-11(16)12(8)18/h1-2,4-6H,(H2,18,19). The molecule has 0 aliphatic rings. The van der Waals surface area contributed by atoms with E-state index in [-0.39, 0.29) is 21.4 Å². The number of pyridine rings is 1. The number of hydrogen-bond donors (Lipinski definition) is 1. The lowest BCUT2D eigenvalue weighted by Gasteiger charge is -2.03. The summed E-state index contributed by atoms with van der Waals surface area (Å²) in [4.78, 5) is 7.74. The lowest BCUT2D eigenvalue weighted by atomic mass is 10.2. The molecule has 2 N–H and O–H groups in total. The summed E-state index contributed by atoms with van der Waals surface area (Å²) in [7, 11) is 0. The first-order valence-electron chi connectivity index (χ1n) is 5.35. The van der Waals surface area contributed by atoms with Crippen LogP contribution in [0.3, 0.4) is 0 Å². The molecule has 100 valence electrons. The molecule has 7 heteroatoms. The van der Waals surface area contributed by atoms with Crippen LogP contribution in [0.4, 0.5) is 15.8 Å². The van der Waals surface area contributed by atoms with Crippen LogP contribution in [0.25, 0.3) is 0 Å². The smallest absolute Gasteiger partial charge is 0.164 e. The van der Waals surface area contributed by atoms with Gasteiger partial charge >= 0.3 is 0 Å². The second-order valence-electron chi connectivity index (χ2n) is 3.78. The molecule has 20 heavy (non-hydrogen) atoms. The summed E-state index contributed by atoms with van der Waals surface area (Å²) in [6.45, 7) is 0. The van der Waals surface area contributed by atoms with Gasteiger partial charge in [0, 0.05) is 18.0 Å². The van der Waals surface area contributed by atoms with Gasteiger partial charge in [0.2, 0.25) is 0 Å². The second-order valence-corrected chi connectivity index (χ2v) is 4.60. The van der Waals surface area contributed by atoms with Crippen molar-refractivity contribution in [1.82, 2.24) is 4.98 Å². The normalized spacial score (nSPS) is 10.7. The molecule has 0 atom stereocenters. The zero-order valence-corrected chi connectivity index (χ0v) is 11.5. The van der Waals surface area contributed by atoms with Gasteiger partial charge in [-0.3, -0.25) is 9.98 Å². The molecule has 0 unspecified atom stereocenters. The summed E-state index contributed by atoms with van der Waals surface area (Å²) in [5, 5.41) is 9.21. The minimum Gasteiger partial charge on any atom is -0.396 e. The van der Waals surface area contributed by atoms with Crippen LogP contribution in [0.15, 0.2) is 29.5 Å². The van der Waals surface area contributed by atoms with Gasteiger partial charge in [-0.05, 0) is 12.1 Å². The predicted molar refractivity (Wildman–Crippen MR) is 77.0 cm³/mol. The van der Waals surface area contributed by atoms with Crippen LogP contribution in [0.1, 0.15) is 11.1 Å². The SMILES string of the molecule is N#Cc1cc(Cl)c(N=Cc2cncc(F)c2N)c(Cl)c1. The van der Waals surface area contributed by atoms with Crippen LogP contribution >= 0.6 is 23.2 Å². The number of nitriles is 1. The quantitative estimate of drug-likeness (QED) is 0.859. The van der Waals surface area contributed by atoms with Crippen molar-refractivity contribution in [3.05, 3.63) is 51.5 Å².